The number of hydrogen-bond donors (Lipinski definition) is 1. The average Bonchev–Trinajstić information content (AvgIpc) is 2.48. The van der Waals surface area contributed by atoms with Crippen LogP contribution in [0.4, 0.5) is 0 Å². The van der Waals surface area contributed by atoms with E-state index in [1.165, 1.54) is 17.5 Å². The summed E-state index contributed by atoms with van der Waals surface area (Å²) in [5.41, 5.74) is 2.46. The lowest BCUT2D eigenvalue weighted by atomic mass is 9.92. The van der Waals surface area contributed by atoms with Crippen molar-refractivity contribution < 1.29 is 4.74 Å². The quantitative estimate of drug-likeness (QED) is 0.451. The Morgan fingerprint density at radius 1 is 1.26 bits per heavy atom. The van der Waals surface area contributed by atoms with E-state index in [1.54, 1.807) is 7.11 Å². The third-order valence-electron chi connectivity index (χ3n) is 4.13. The molecule has 1 aliphatic rings. The highest BCUT2D eigenvalue weighted by molar-refractivity contribution is 14.0. The van der Waals surface area contributed by atoms with Crippen molar-refractivity contribution in [2.75, 3.05) is 27.2 Å². The Kier molecular flexibility index (Phi) is 8.91. The number of likely N-dealkylation sites (tertiary alicyclic amines) is 1. The van der Waals surface area contributed by atoms with E-state index in [1.807, 2.05) is 7.05 Å². The molecule has 1 heterocycles. The summed E-state index contributed by atoms with van der Waals surface area (Å²) in [4.78, 5) is 6.85. The SMILES string of the molecule is CN=C(NCc1cccc(COC)c1)N1CC(C)CC(C)C1.I. The Hall–Kier alpha value is -0.820. The van der Waals surface area contributed by atoms with Gasteiger partial charge in [0.25, 0.3) is 0 Å². The second-order valence-electron chi connectivity index (χ2n) is 6.50. The number of benzene rings is 1. The summed E-state index contributed by atoms with van der Waals surface area (Å²) >= 11 is 0. The standard InChI is InChI=1S/C18H29N3O.HI/c1-14-8-15(2)12-21(11-14)18(19-3)20-10-16-6-5-7-17(9-16)13-22-4;/h5-7,9,14-15H,8,10-13H2,1-4H3,(H,19,20);1H. The third kappa shape index (κ3) is 6.30. The molecular weight excluding hydrogens is 401 g/mol. The second-order valence-corrected chi connectivity index (χ2v) is 6.50. The first-order chi connectivity index (χ1) is 10.6. The minimum absolute atomic E-state index is 0. The van der Waals surface area contributed by atoms with Crippen LogP contribution in [-0.4, -0.2) is 38.1 Å². The summed E-state index contributed by atoms with van der Waals surface area (Å²) in [6.45, 7) is 8.28. The van der Waals surface area contributed by atoms with E-state index in [0.717, 1.165) is 37.4 Å². The second kappa shape index (κ2) is 10.1. The van der Waals surface area contributed by atoms with Crippen LogP contribution in [0.25, 0.3) is 0 Å². The van der Waals surface area contributed by atoms with Gasteiger partial charge in [0.15, 0.2) is 5.96 Å². The fourth-order valence-electron chi connectivity index (χ4n) is 3.35. The molecule has 0 spiro atoms. The van der Waals surface area contributed by atoms with E-state index < -0.39 is 0 Å². The molecule has 5 heteroatoms. The van der Waals surface area contributed by atoms with Crippen LogP contribution in [0.2, 0.25) is 0 Å². The van der Waals surface area contributed by atoms with Crippen molar-refractivity contribution in [3.05, 3.63) is 35.4 Å². The summed E-state index contributed by atoms with van der Waals surface area (Å²) in [6, 6.07) is 8.50. The maximum Gasteiger partial charge on any atom is 0.193 e. The number of rotatable bonds is 4. The summed E-state index contributed by atoms with van der Waals surface area (Å²) < 4.78 is 5.20. The van der Waals surface area contributed by atoms with Gasteiger partial charge in [0.05, 0.1) is 6.61 Å². The van der Waals surface area contributed by atoms with Crippen molar-refractivity contribution in [2.24, 2.45) is 16.8 Å². The molecule has 1 aliphatic heterocycles. The highest BCUT2D eigenvalue weighted by atomic mass is 127. The van der Waals surface area contributed by atoms with Crippen molar-refractivity contribution in [1.29, 1.82) is 0 Å². The van der Waals surface area contributed by atoms with Crippen LogP contribution in [0.3, 0.4) is 0 Å². The van der Waals surface area contributed by atoms with Crippen molar-refractivity contribution in [3.63, 3.8) is 0 Å². The van der Waals surface area contributed by atoms with Gasteiger partial charge in [0, 0.05) is 33.8 Å². The number of ether oxygens (including phenoxy) is 1. The molecule has 1 aromatic rings. The molecule has 0 amide bonds. The number of guanidine groups is 1. The van der Waals surface area contributed by atoms with Gasteiger partial charge in [-0.05, 0) is 29.4 Å². The predicted octanol–water partition coefficient (Wildman–Crippen LogP) is 3.50. The van der Waals surface area contributed by atoms with Gasteiger partial charge in [-0.1, -0.05) is 38.1 Å². The molecule has 1 fully saturated rings. The largest absolute Gasteiger partial charge is 0.380 e. The van der Waals surface area contributed by atoms with Gasteiger partial charge in [-0.15, -0.1) is 24.0 Å². The monoisotopic (exact) mass is 431 g/mol. The maximum absolute atomic E-state index is 5.20. The lowest BCUT2D eigenvalue weighted by Gasteiger charge is -2.37. The van der Waals surface area contributed by atoms with Crippen LogP contribution in [0.15, 0.2) is 29.3 Å². The number of halogens is 1. The highest BCUT2D eigenvalue weighted by Crippen LogP contribution is 2.20. The Labute approximate surface area is 157 Å². The van der Waals surface area contributed by atoms with E-state index in [0.29, 0.717) is 6.61 Å². The molecule has 23 heavy (non-hydrogen) atoms. The van der Waals surface area contributed by atoms with Crippen LogP contribution in [-0.2, 0) is 17.9 Å². The normalized spacial score (nSPS) is 21.7. The zero-order valence-corrected chi connectivity index (χ0v) is 17.0. The Bertz CT molecular complexity index is 497. The summed E-state index contributed by atoms with van der Waals surface area (Å²) in [6.07, 6.45) is 1.31. The van der Waals surface area contributed by atoms with Crippen LogP contribution in [0.1, 0.15) is 31.4 Å². The topological polar surface area (TPSA) is 36.9 Å². The smallest absolute Gasteiger partial charge is 0.193 e. The molecule has 0 saturated carbocycles. The summed E-state index contributed by atoms with van der Waals surface area (Å²) in [5.74, 6) is 2.47. The van der Waals surface area contributed by atoms with E-state index in [-0.39, 0.29) is 24.0 Å². The number of piperidine rings is 1. The van der Waals surface area contributed by atoms with Crippen molar-refractivity contribution in [2.45, 2.75) is 33.4 Å². The van der Waals surface area contributed by atoms with Gasteiger partial charge in [-0.3, -0.25) is 4.99 Å². The first kappa shape index (κ1) is 20.2. The molecule has 0 aromatic heterocycles. The molecule has 0 bridgehead atoms. The van der Waals surface area contributed by atoms with E-state index in [4.69, 9.17) is 4.74 Å². The van der Waals surface area contributed by atoms with Gasteiger partial charge in [-0.25, -0.2) is 0 Å². The van der Waals surface area contributed by atoms with Crippen molar-refractivity contribution in [3.8, 4) is 0 Å². The number of methoxy groups -OCH3 is 1. The predicted molar refractivity (Wildman–Crippen MR) is 107 cm³/mol. The lowest BCUT2D eigenvalue weighted by Crippen LogP contribution is -2.48. The van der Waals surface area contributed by atoms with Crippen LogP contribution in [0, 0.1) is 11.8 Å². The Morgan fingerprint density at radius 3 is 2.52 bits per heavy atom. The van der Waals surface area contributed by atoms with E-state index in [9.17, 15) is 0 Å². The number of nitrogens with zero attached hydrogens (tertiary/aromatic N) is 2. The molecule has 4 nitrogen and oxygen atoms in total. The number of aliphatic imine (C=N–C) groups is 1. The molecule has 1 aromatic carbocycles. The minimum Gasteiger partial charge on any atom is -0.380 e. The average molecular weight is 431 g/mol. The van der Waals surface area contributed by atoms with Crippen LogP contribution in [0.5, 0.6) is 0 Å². The van der Waals surface area contributed by atoms with E-state index in [2.05, 4.69) is 53.3 Å². The molecule has 1 saturated heterocycles. The maximum atomic E-state index is 5.20. The first-order valence-electron chi connectivity index (χ1n) is 8.14. The molecule has 2 unspecified atom stereocenters. The van der Waals surface area contributed by atoms with Crippen LogP contribution >= 0.6 is 24.0 Å². The molecule has 2 atom stereocenters. The van der Waals surface area contributed by atoms with E-state index >= 15 is 0 Å². The fraction of sp³-hybridized carbons (Fsp3) is 0.611. The van der Waals surface area contributed by atoms with Gasteiger partial charge in [0.2, 0.25) is 0 Å². The number of nitrogens with one attached hydrogen (secondary N) is 1. The number of hydrogen-bond acceptors (Lipinski definition) is 2. The molecule has 1 N–H and O–H groups in total. The Morgan fingerprint density at radius 2 is 1.91 bits per heavy atom. The van der Waals surface area contributed by atoms with Crippen molar-refractivity contribution >= 4 is 29.9 Å². The first-order valence-corrected chi connectivity index (χ1v) is 8.14. The zero-order chi connectivity index (χ0) is 15.9. The van der Waals surface area contributed by atoms with Crippen molar-refractivity contribution in [1.82, 2.24) is 10.2 Å². The molecule has 2 rings (SSSR count). The molecule has 130 valence electrons. The van der Waals surface area contributed by atoms with Crippen LogP contribution < -0.4 is 5.32 Å². The highest BCUT2D eigenvalue weighted by Gasteiger charge is 2.23. The fourth-order valence-corrected chi connectivity index (χ4v) is 3.35. The minimum atomic E-state index is 0. The third-order valence-corrected chi connectivity index (χ3v) is 4.13. The Balaban J connectivity index is 0.00000264. The lowest BCUT2D eigenvalue weighted by molar-refractivity contribution is 0.185. The molecule has 0 radical (unpaired) electrons. The molecule has 0 aliphatic carbocycles. The van der Waals surface area contributed by atoms with Gasteiger partial charge >= 0.3 is 0 Å². The summed E-state index contributed by atoms with van der Waals surface area (Å²) in [7, 11) is 3.60. The summed E-state index contributed by atoms with van der Waals surface area (Å²) in [5, 5.41) is 3.50. The molecular formula is C18H30IN3O. The zero-order valence-electron chi connectivity index (χ0n) is 14.7. The van der Waals surface area contributed by atoms with Gasteiger partial charge < -0.3 is 15.0 Å². The van der Waals surface area contributed by atoms with Gasteiger partial charge in [0.1, 0.15) is 0 Å². The van der Waals surface area contributed by atoms with Gasteiger partial charge in [-0.2, -0.15) is 0 Å².